The number of carbonyl (C=O) groups excluding carboxylic acids is 5. The van der Waals surface area contributed by atoms with Crippen molar-refractivity contribution in [1.82, 2.24) is 46.8 Å². The maximum atomic E-state index is 14.1. The minimum atomic E-state index is -1.20. The SMILES string of the molecule is CC(C)C[C@H](NC(=O)[C@H](Cc1ccc(O)cc1)NCNC(=O)[C@@H](N)C(C)C)C(=O)NCN[C@@H](Cc1cnc[nH]1)C(=O)N1CCC[C@H]1C(=O)N[C@@H](Cc1ccccc1)C(=O)O. The van der Waals surface area contributed by atoms with E-state index >= 15 is 0 Å². The number of aromatic amines is 1. The van der Waals surface area contributed by atoms with Crippen LogP contribution in [-0.2, 0) is 48.0 Å². The number of likely N-dealkylation sites (tertiary alicyclic amines) is 1. The summed E-state index contributed by atoms with van der Waals surface area (Å²) in [7, 11) is 0. The van der Waals surface area contributed by atoms with Crippen LogP contribution in [0, 0.1) is 11.8 Å². The van der Waals surface area contributed by atoms with Gasteiger partial charge in [0.15, 0.2) is 0 Å². The van der Waals surface area contributed by atoms with E-state index in [0.29, 0.717) is 18.5 Å². The maximum Gasteiger partial charge on any atom is 0.326 e. The Morgan fingerprint density at radius 1 is 0.800 bits per heavy atom. The normalized spacial score (nSPS) is 16.4. The van der Waals surface area contributed by atoms with E-state index in [2.05, 4.69) is 41.9 Å². The first-order valence-corrected chi connectivity index (χ1v) is 20.3. The van der Waals surface area contributed by atoms with Crippen molar-refractivity contribution in [3.8, 4) is 5.75 Å². The fourth-order valence-electron chi connectivity index (χ4n) is 6.85. The first kappa shape index (κ1) is 46.8. The summed E-state index contributed by atoms with van der Waals surface area (Å²) < 4.78 is 0. The first-order chi connectivity index (χ1) is 28.6. The van der Waals surface area contributed by atoms with Crippen LogP contribution in [0.2, 0.25) is 0 Å². The molecule has 18 heteroatoms. The lowest BCUT2D eigenvalue weighted by molar-refractivity contribution is -0.144. The van der Waals surface area contributed by atoms with Gasteiger partial charge in [0, 0.05) is 31.3 Å². The molecule has 1 saturated heterocycles. The summed E-state index contributed by atoms with van der Waals surface area (Å²) in [4.78, 5) is 88.3. The molecule has 2 heterocycles. The molecule has 6 atom stereocenters. The highest BCUT2D eigenvalue weighted by molar-refractivity contribution is 5.93. The number of nitrogens with zero attached hydrogens (tertiary/aromatic N) is 2. The molecule has 5 amide bonds. The van der Waals surface area contributed by atoms with Crippen molar-refractivity contribution in [2.45, 2.75) is 102 Å². The van der Waals surface area contributed by atoms with Crippen LogP contribution in [0.5, 0.6) is 5.75 Å². The Labute approximate surface area is 350 Å². The van der Waals surface area contributed by atoms with Crippen LogP contribution in [-0.4, -0.2) is 117 Å². The standard InChI is InChI=1S/C42H60N10O8/c1-25(2)17-32(50-38(55)31(18-28-12-14-30(53)15-13-28)46-23-49-40(57)36(43)26(3)4)37(54)48-24-47-33(20-29-21-44-22-45-29)41(58)52-16-8-11-35(52)39(56)51-34(42(59)60)19-27-9-6-5-7-10-27/h5-7,9-10,12-15,21-22,25-26,31-36,46-47,53H,8,11,16-20,23-24,43H2,1-4H3,(H,44,45)(H,48,54)(H,49,57)(H,50,55)(H,51,56)(H,59,60)/t31-,32-,33-,34-,35-,36-/m0/s1. The van der Waals surface area contributed by atoms with Crippen molar-refractivity contribution in [2.24, 2.45) is 17.6 Å². The highest BCUT2D eigenvalue weighted by Crippen LogP contribution is 2.20. The molecule has 0 saturated carbocycles. The molecule has 0 unspecified atom stereocenters. The quantitative estimate of drug-likeness (QED) is 0.0578. The Morgan fingerprint density at radius 3 is 2.05 bits per heavy atom. The van der Waals surface area contributed by atoms with E-state index in [4.69, 9.17) is 5.73 Å². The molecule has 2 aromatic carbocycles. The lowest BCUT2D eigenvalue weighted by Crippen LogP contribution is -2.58. The molecule has 0 spiro atoms. The van der Waals surface area contributed by atoms with Crippen molar-refractivity contribution in [2.75, 3.05) is 19.9 Å². The number of hydrogen-bond donors (Lipinski definition) is 10. The fourth-order valence-corrected chi connectivity index (χ4v) is 6.85. The van der Waals surface area contributed by atoms with E-state index < -0.39 is 65.8 Å². The van der Waals surface area contributed by atoms with Gasteiger partial charge in [0.1, 0.15) is 23.9 Å². The number of nitrogens with one attached hydrogen (secondary N) is 7. The first-order valence-electron chi connectivity index (χ1n) is 20.3. The molecule has 0 radical (unpaired) electrons. The summed E-state index contributed by atoms with van der Waals surface area (Å²) in [5.41, 5.74) is 8.06. The molecule has 11 N–H and O–H groups in total. The van der Waals surface area contributed by atoms with Gasteiger partial charge in [-0.05, 0) is 60.8 Å². The fraction of sp³-hybridized carbons (Fsp3) is 0.500. The Balaban J connectivity index is 1.42. The largest absolute Gasteiger partial charge is 0.508 e. The van der Waals surface area contributed by atoms with Crippen LogP contribution in [0.15, 0.2) is 67.1 Å². The smallest absolute Gasteiger partial charge is 0.326 e. The zero-order chi connectivity index (χ0) is 43.8. The van der Waals surface area contributed by atoms with Crippen molar-refractivity contribution in [3.05, 3.63) is 83.9 Å². The second-order valence-corrected chi connectivity index (χ2v) is 15.8. The van der Waals surface area contributed by atoms with E-state index in [1.165, 1.54) is 23.4 Å². The summed E-state index contributed by atoms with van der Waals surface area (Å²) in [6.07, 6.45) is 4.59. The van der Waals surface area contributed by atoms with Crippen molar-refractivity contribution in [3.63, 3.8) is 0 Å². The zero-order valence-corrected chi connectivity index (χ0v) is 34.6. The lowest BCUT2D eigenvalue weighted by Gasteiger charge is -2.30. The second kappa shape index (κ2) is 23.1. The lowest BCUT2D eigenvalue weighted by atomic mass is 10.0. The minimum Gasteiger partial charge on any atom is -0.508 e. The van der Waals surface area contributed by atoms with Gasteiger partial charge in [-0.2, -0.15) is 0 Å². The summed E-state index contributed by atoms with van der Waals surface area (Å²) in [5.74, 6) is -3.60. The van der Waals surface area contributed by atoms with Crippen LogP contribution >= 0.6 is 0 Å². The summed E-state index contributed by atoms with van der Waals surface area (Å²) in [6.45, 7) is 7.50. The summed E-state index contributed by atoms with van der Waals surface area (Å²) >= 11 is 0. The van der Waals surface area contributed by atoms with E-state index in [-0.39, 0.29) is 69.1 Å². The summed E-state index contributed by atoms with van der Waals surface area (Å²) in [5, 5.41) is 36.8. The van der Waals surface area contributed by atoms with Crippen LogP contribution in [0.4, 0.5) is 0 Å². The molecule has 60 heavy (non-hydrogen) atoms. The molecule has 4 rings (SSSR count). The van der Waals surface area contributed by atoms with E-state index in [1.54, 1.807) is 42.6 Å². The molecule has 3 aromatic rings. The van der Waals surface area contributed by atoms with E-state index in [9.17, 15) is 39.0 Å². The third-order valence-electron chi connectivity index (χ3n) is 10.3. The molecule has 326 valence electrons. The maximum absolute atomic E-state index is 14.1. The topological polar surface area (TPSA) is 273 Å². The number of phenolic OH excluding ortho intramolecular Hbond substituents is 1. The molecular formula is C42H60N10O8. The Hall–Kier alpha value is -5.85. The van der Waals surface area contributed by atoms with Gasteiger partial charge in [-0.3, -0.25) is 34.6 Å². The Morgan fingerprint density at radius 2 is 1.43 bits per heavy atom. The number of hydrogen-bond acceptors (Lipinski definition) is 11. The molecule has 18 nitrogen and oxygen atoms in total. The highest BCUT2D eigenvalue weighted by atomic mass is 16.4. The van der Waals surface area contributed by atoms with Crippen molar-refractivity contribution < 1.29 is 39.0 Å². The highest BCUT2D eigenvalue weighted by Gasteiger charge is 2.39. The second-order valence-electron chi connectivity index (χ2n) is 15.8. The van der Waals surface area contributed by atoms with Crippen LogP contribution in [0.25, 0.3) is 0 Å². The number of benzene rings is 2. The number of nitrogens with two attached hydrogens (primary N) is 1. The van der Waals surface area contributed by atoms with Crippen LogP contribution < -0.4 is 37.6 Å². The number of carboxylic acids is 1. The number of H-pyrrole nitrogens is 1. The van der Waals surface area contributed by atoms with Gasteiger partial charge in [0.2, 0.25) is 29.5 Å². The minimum absolute atomic E-state index is 0.00399. The van der Waals surface area contributed by atoms with Crippen molar-refractivity contribution >= 4 is 35.5 Å². The van der Waals surface area contributed by atoms with Gasteiger partial charge in [-0.1, -0.05) is 70.2 Å². The number of aromatic hydroxyl groups is 1. The summed E-state index contributed by atoms with van der Waals surface area (Å²) in [6, 6.07) is 9.67. The average molecular weight is 833 g/mol. The van der Waals surface area contributed by atoms with Crippen LogP contribution in [0.3, 0.4) is 0 Å². The number of rotatable bonds is 23. The number of aliphatic carboxylic acids is 1. The van der Waals surface area contributed by atoms with Gasteiger partial charge < -0.3 is 47.1 Å². The van der Waals surface area contributed by atoms with Gasteiger partial charge >= 0.3 is 5.97 Å². The molecule has 0 bridgehead atoms. The van der Waals surface area contributed by atoms with Gasteiger partial charge in [-0.25, -0.2) is 9.78 Å². The third kappa shape index (κ3) is 14.5. The van der Waals surface area contributed by atoms with E-state index in [0.717, 1.165) is 11.1 Å². The van der Waals surface area contributed by atoms with Crippen molar-refractivity contribution in [1.29, 1.82) is 0 Å². The molecule has 1 aliphatic rings. The number of phenols is 1. The van der Waals surface area contributed by atoms with Gasteiger partial charge in [0.05, 0.1) is 37.8 Å². The molecule has 1 aromatic heterocycles. The number of aromatic nitrogens is 2. The monoisotopic (exact) mass is 832 g/mol. The number of imidazole rings is 1. The zero-order valence-electron chi connectivity index (χ0n) is 34.6. The predicted octanol–water partition coefficient (Wildman–Crippen LogP) is 0.282. The number of carbonyl (C=O) groups is 6. The van der Waals surface area contributed by atoms with E-state index in [1.807, 2.05) is 33.8 Å². The molecular weight excluding hydrogens is 773 g/mol. The molecule has 1 aliphatic heterocycles. The third-order valence-corrected chi connectivity index (χ3v) is 10.3. The Bertz CT molecular complexity index is 1860. The average Bonchev–Trinajstić information content (AvgIpc) is 3.93. The number of carboxylic acid groups (broad SMARTS) is 1. The van der Waals surface area contributed by atoms with Gasteiger partial charge in [0.25, 0.3) is 0 Å². The van der Waals surface area contributed by atoms with Gasteiger partial charge in [-0.15, -0.1) is 0 Å². The predicted molar refractivity (Wildman–Crippen MR) is 223 cm³/mol. The van der Waals surface area contributed by atoms with Crippen LogP contribution in [0.1, 0.15) is 63.8 Å². The molecule has 1 fully saturated rings. The number of amides is 5. The molecule has 0 aliphatic carbocycles. The Kier molecular flexibility index (Phi) is 18.0.